The van der Waals surface area contributed by atoms with Crippen LogP contribution in [0.25, 0.3) is 5.69 Å². The molecule has 2 aromatic rings. The van der Waals surface area contributed by atoms with Crippen LogP contribution in [0, 0.1) is 10.1 Å². The summed E-state index contributed by atoms with van der Waals surface area (Å²) in [5.41, 5.74) is -0.483. The van der Waals surface area contributed by atoms with Crippen molar-refractivity contribution in [2.75, 3.05) is 0 Å². The summed E-state index contributed by atoms with van der Waals surface area (Å²) in [6.07, 6.45) is 4.44. The summed E-state index contributed by atoms with van der Waals surface area (Å²) in [5, 5.41) is 23.3. The van der Waals surface area contributed by atoms with Crippen molar-refractivity contribution in [3.05, 3.63) is 45.5 Å². The molecule has 0 aliphatic heterocycles. The molecule has 2 heterocycles. The Hall–Kier alpha value is -2.48. The molecule has 0 radical (unpaired) electrons. The summed E-state index contributed by atoms with van der Waals surface area (Å²) in [7, 11) is 0. The van der Waals surface area contributed by atoms with E-state index < -0.39 is 10.9 Å². The van der Waals surface area contributed by atoms with Crippen LogP contribution in [0.5, 0.6) is 0 Å². The van der Waals surface area contributed by atoms with Crippen LogP contribution in [0.4, 0.5) is 5.69 Å². The Kier molecular flexibility index (Phi) is 2.94. The minimum Gasteiger partial charge on any atom is -0.478 e. The van der Waals surface area contributed by atoms with Gasteiger partial charge in [0.2, 0.25) is 0 Å². The number of carboxylic acid groups (broad SMARTS) is 1. The fraction of sp³-hybridized carbons (Fsp3) is 0. The molecule has 0 spiro atoms. The smallest absolute Gasteiger partial charge is 0.338 e. The Morgan fingerprint density at radius 2 is 2.17 bits per heavy atom. The number of carboxylic acids is 1. The first-order chi connectivity index (χ1) is 8.50. The van der Waals surface area contributed by atoms with Crippen molar-refractivity contribution in [1.29, 1.82) is 0 Å². The minimum atomic E-state index is -1.19. The lowest BCUT2D eigenvalue weighted by Crippen LogP contribution is -2.02. The highest BCUT2D eigenvalue weighted by atomic mass is 35.5. The molecule has 2 rings (SSSR count). The van der Waals surface area contributed by atoms with Crippen LogP contribution in [0.3, 0.4) is 0 Å². The van der Waals surface area contributed by atoms with Gasteiger partial charge in [-0.2, -0.15) is 5.10 Å². The first-order valence-electron chi connectivity index (χ1n) is 4.57. The van der Waals surface area contributed by atoms with Crippen molar-refractivity contribution in [3.8, 4) is 5.69 Å². The van der Waals surface area contributed by atoms with Crippen molar-refractivity contribution in [2.45, 2.75) is 0 Å². The van der Waals surface area contributed by atoms with Crippen LogP contribution in [-0.2, 0) is 0 Å². The third-order valence-corrected chi connectivity index (χ3v) is 2.39. The highest BCUT2D eigenvalue weighted by Crippen LogP contribution is 2.28. The second-order valence-corrected chi connectivity index (χ2v) is 3.63. The van der Waals surface area contributed by atoms with E-state index in [0.717, 1.165) is 23.3 Å². The van der Waals surface area contributed by atoms with Crippen LogP contribution < -0.4 is 0 Å². The average Bonchev–Trinajstić information content (AvgIpc) is 2.77. The predicted molar refractivity (Wildman–Crippen MR) is 60.0 cm³/mol. The molecule has 0 aromatic carbocycles. The Bertz CT molecular complexity index is 639. The quantitative estimate of drug-likeness (QED) is 0.667. The number of aromatic nitrogens is 3. The summed E-state index contributed by atoms with van der Waals surface area (Å²) >= 11 is 5.82. The van der Waals surface area contributed by atoms with Crippen LogP contribution in [0.1, 0.15) is 10.4 Å². The average molecular weight is 269 g/mol. The number of nitro groups is 1. The first-order valence-corrected chi connectivity index (χ1v) is 4.94. The molecule has 0 saturated carbocycles. The van der Waals surface area contributed by atoms with Gasteiger partial charge in [0.05, 0.1) is 21.7 Å². The van der Waals surface area contributed by atoms with Crippen LogP contribution >= 0.6 is 11.6 Å². The maximum Gasteiger partial charge on any atom is 0.338 e. The maximum atomic E-state index is 10.8. The monoisotopic (exact) mass is 268 g/mol. The Balaban J connectivity index is 2.62. The predicted octanol–water partition coefficient (Wildman–Crippen LogP) is 1.53. The summed E-state index contributed by atoms with van der Waals surface area (Å²) < 4.78 is 1.03. The number of pyridine rings is 1. The number of nitrogens with zero attached hydrogens (tertiary/aromatic N) is 4. The maximum absolute atomic E-state index is 10.8. The molecule has 18 heavy (non-hydrogen) atoms. The molecule has 0 unspecified atom stereocenters. The van der Waals surface area contributed by atoms with E-state index >= 15 is 0 Å². The topological polar surface area (TPSA) is 111 Å². The lowest BCUT2D eigenvalue weighted by molar-refractivity contribution is -0.384. The van der Waals surface area contributed by atoms with Gasteiger partial charge in [-0.3, -0.25) is 15.1 Å². The third kappa shape index (κ3) is 2.00. The Morgan fingerprint density at radius 1 is 1.44 bits per heavy atom. The van der Waals surface area contributed by atoms with E-state index in [9.17, 15) is 14.9 Å². The molecule has 0 aliphatic rings. The van der Waals surface area contributed by atoms with E-state index in [2.05, 4.69) is 10.1 Å². The lowest BCUT2D eigenvalue weighted by atomic mass is 10.3. The van der Waals surface area contributed by atoms with Crippen molar-refractivity contribution < 1.29 is 14.8 Å². The molecule has 9 heteroatoms. The molecule has 8 nitrogen and oxygen atoms in total. The van der Waals surface area contributed by atoms with Crippen molar-refractivity contribution in [3.63, 3.8) is 0 Å². The highest BCUT2D eigenvalue weighted by Gasteiger charge is 2.21. The summed E-state index contributed by atoms with van der Waals surface area (Å²) in [4.78, 5) is 24.5. The number of rotatable bonds is 3. The van der Waals surface area contributed by atoms with Gasteiger partial charge in [0.25, 0.3) is 0 Å². The molecular formula is C9H5ClN4O4. The van der Waals surface area contributed by atoms with Gasteiger partial charge in [0.1, 0.15) is 6.20 Å². The molecule has 0 saturated heterocycles. The van der Waals surface area contributed by atoms with E-state index in [-0.39, 0.29) is 22.0 Å². The van der Waals surface area contributed by atoms with Gasteiger partial charge in [-0.1, -0.05) is 11.6 Å². The van der Waals surface area contributed by atoms with E-state index in [4.69, 9.17) is 16.7 Å². The standard InChI is InChI=1S/C9H5ClN4O4/c10-6-2-11-3-7(14(17)18)8(6)13-4-5(1-12-13)9(15)16/h1-4H,(H,15,16). The Labute approximate surface area is 105 Å². The summed E-state index contributed by atoms with van der Waals surface area (Å²) in [6.45, 7) is 0. The largest absolute Gasteiger partial charge is 0.478 e. The third-order valence-electron chi connectivity index (χ3n) is 2.11. The second kappa shape index (κ2) is 4.41. The van der Waals surface area contributed by atoms with Gasteiger partial charge in [0.15, 0.2) is 5.69 Å². The van der Waals surface area contributed by atoms with Gasteiger partial charge in [-0.05, 0) is 0 Å². The normalized spacial score (nSPS) is 10.3. The van der Waals surface area contributed by atoms with E-state index in [1.54, 1.807) is 0 Å². The molecule has 0 fully saturated rings. The number of carbonyl (C=O) groups is 1. The number of hydrogen-bond acceptors (Lipinski definition) is 5. The fourth-order valence-corrected chi connectivity index (χ4v) is 1.57. The number of hydrogen-bond donors (Lipinski definition) is 1. The summed E-state index contributed by atoms with van der Waals surface area (Å²) in [5.74, 6) is -1.19. The van der Waals surface area contributed by atoms with Crippen LogP contribution in [-0.4, -0.2) is 30.8 Å². The van der Waals surface area contributed by atoms with Gasteiger partial charge < -0.3 is 5.11 Å². The second-order valence-electron chi connectivity index (χ2n) is 3.22. The van der Waals surface area contributed by atoms with E-state index in [1.165, 1.54) is 6.20 Å². The molecule has 92 valence electrons. The number of aromatic carboxylic acids is 1. The van der Waals surface area contributed by atoms with Gasteiger partial charge in [-0.15, -0.1) is 0 Å². The van der Waals surface area contributed by atoms with Gasteiger partial charge in [-0.25, -0.2) is 9.48 Å². The molecule has 0 aliphatic carbocycles. The van der Waals surface area contributed by atoms with E-state index in [0.29, 0.717) is 0 Å². The Morgan fingerprint density at radius 3 is 2.72 bits per heavy atom. The molecule has 1 N–H and O–H groups in total. The number of halogens is 1. The van der Waals surface area contributed by atoms with Gasteiger partial charge >= 0.3 is 11.7 Å². The molecule has 0 amide bonds. The van der Waals surface area contributed by atoms with E-state index in [1.807, 2.05) is 0 Å². The zero-order valence-electron chi connectivity index (χ0n) is 8.65. The van der Waals surface area contributed by atoms with Gasteiger partial charge in [0, 0.05) is 12.4 Å². The zero-order chi connectivity index (χ0) is 13.3. The highest BCUT2D eigenvalue weighted by molar-refractivity contribution is 6.32. The van der Waals surface area contributed by atoms with Crippen LogP contribution in [0.15, 0.2) is 24.8 Å². The zero-order valence-corrected chi connectivity index (χ0v) is 9.40. The fourth-order valence-electron chi connectivity index (χ4n) is 1.33. The summed E-state index contributed by atoms with van der Waals surface area (Å²) in [6, 6.07) is 0. The van der Waals surface area contributed by atoms with Crippen molar-refractivity contribution in [2.24, 2.45) is 0 Å². The molecular weight excluding hydrogens is 264 g/mol. The van der Waals surface area contributed by atoms with Crippen molar-refractivity contribution >= 4 is 23.3 Å². The SMILES string of the molecule is O=C(O)c1cnn(-c2c(Cl)cncc2[N+](=O)[O-])c1. The van der Waals surface area contributed by atoms with Crippen LogP contribution in [0.2, 0.25) is 5.02 Å². The molecule has 2 aromatic heterocycles. The molecule has 0 bridgehead atoms. The lowest BCUT2D eigenvalue weighted by Gasteiger charge is -2.03. The molecule has 0 atom stereocenters. The van der Waals surface area contributed by atoms with Crippen molar-refractivity contribution in [1.82, 2.24) is 14.8 Å². The minimum absolute atomic E-state index is 0.00392. The first kappa shape index (κ1) is 12.0.